The molecule has 11 heteroatoms. The number of aromatic nitrogens is 3. The predicted molar refractivity (Wildman–Crippen MR) is 137 cm³/mol. The maximum Gasteiger partial charge on any atom is 0.413 e. The van der Waals surface area contributed by atoms with Crippen LogP contribution in [0, 0.1) is 0 Å². The Morgan fingerprint density at radius 3 is 2.44 bits per heavy atom. The van der Waals surface area contributed by atoms with Gasteiger partial charge >= 0.3 is 6.09 Å². The molecule has 2 saturated heterocycles. The average Bonchev–Trinajstić information content (AvgIpc) is 3.35. The molecule has 36 heavy (non-hydrogen) atoms. The molecule has 4 heterocycles. The summed E-state index contributed by atoms with van der Waals surface area (Å²) in [7, 11) is -1.98. The molecular formula is C25H40N4O6Si. The molecule has 2 aliphatic rings. The van der Waals surface area contributed by atoms with Crippen molar-refractivity contribution in [3.05, 3.63) is 24.2 Å². The number of ether oxygens (including phenoxy) is 4. The van der Waals surface area contributed by atoms with Gasteiger partial charge in [0.2, 0.25) is 0 Å². The van der Waals surface area contributed by atoms with E-state index < -0.39 is 31.9 Å². The Morgan fingerprint density at radius 2 is 1.81 bits per heavy atom. The van der Waals surface area contributed by atoms with Crippen molar-refractivity contribution < 1.29 is 28.2 Å². The highest BCUT2D eigenvalue weighted by atomic mass is 28.4. The number of nitrogens with zero attached hydrogens (tertiary/aromatic N) is 3. The first-order valence-electron chi connectivity index (χ1n) is 12.5. The molecule has 0 aromatic carbocycles. The van der Waals surface area contributed by atoms with E-state index in [0.717, 1.165) is 5.69 Å². The van der Waals surface area contributed by atoms with E-state index in [1.165, 1.54) is 6.33 Å². The summed E-state index contributed by atoms with van der Waals surface area (Å²) >= 11 is 0. The van der Waals surface area contributed by atoms with Gasteiger partial charge in [0, 0.05) is 0 Å². The number of rotatable bonds is 5. The van der Waals surface area contributed by atoms with Crippen molar-refractivity contribution in [2.75, 3.05) is 11.9 Å². The van der Waals surface area contributed by atoms with Gasteiger partial charge in [-0.2, -0.15) is 5.10 Å². The Kier molecular flexibility index (Phi) is 6.79. The Hall–Kier alpha value is -2.05. The van der Waals surface area contributed by atoms with Gasteiger partial charge in [-0.3, -0.25) is 5.32 Å². The minimum absolute atomic E-state index is 0.0862. The van der Waals surface area contributed by atoms with Crippen molar-refractivity contribution in [3.63, 3.8) is 0 Å². The third-order valence-electron chi connectivity index (χ3n) is 6.96. The summed E-state index contributed by atoms with van der Waals surface area (Å²) in [6.45, 7) is 20.8. The number of carbonyl (C=O) groups excluding carboxylic acids is 1. The molecule has 0 radical (unpaired) electrons. The van der Waals surface area contributed by atoms with Gasteiger partial charge in [-0.05, 0) is 64.9 Å². The van der Waals surface area contributed by atoms with E-state index in [2.05, 4.69) is 49.3 Å². The standard InChI is InChI=1S/C25H40N4O6Si/c1-23(2,3)35-22(30)28-21-16-12-11-15(29(16)27-14-26-21)18-20-19(33-25(7,8)34-20)17(32-18)13-31-36(9,10)24(4,5)6/h11-12,14,17-20H,13H2,1-10H3,(H,26,27,28,30)/t17-,18+,19-,20+/m1/s1. The maximum atomic E-state index is 12.3. The van der Waals surface area contributed by atoms with Crippen LogP contribution in [0.2, 0.25) is 18.1 Å². The fourth-order valence-electron chi connectivity index (χ4n) is 4.23. The molecule has 2 aromatic heterocycles. The van der Waals surface area contributed by atoms with Crippen LogP contribution >= 0.6 is 0 Å². The van der Waals surface area contributed by atoms with E-state index >= 15 is 0 Å². The Balaban J connectivity index is 1.59. The minimum atomic E-state index is -1.98. The van der Waals surface area contributed by atoms with Crippen LogP contribution in [0.1, 0.15) is 67.2 Å². The van der Waals surface area contributed by atoms with Gasteiger partial charge in [-0.15, -0.1) is 0 Å². The summed E-state index contributed by atoms with van der Waals surface area (Å²) in [6.07, 6.45) is -0.520. The second-order valence-electron chi connectivity index (χ2n) is 12.5. The van der Waals surface area contributed by atoms with Crippen LogP contribution in [0.4, 0.5) is 10.6 Å². The molecule has 1 N–H and O–H groups in total. The second kappa shape index (κ2) is 9.05. The Labute approximate surface area is 214 Å². The van der Waals surface area contributed by atoms with E-state index in [1.807, 2.05) is 46.8 Å². The second-order valence-corrected chi connectivity index (χ2v) is 17.3. The highest BCUT2D eigenvalue weighted by Gasteiger charge is 2.56. The monoisotopic (exact) mass is 520 g/mol. The van der Waals surface area contributed by atoms with Crippen molar-refractivity contribution >= 4 is 25.7 Å². The van der Waals surface area contributed by atoms with E-state index in [4.69, 9.17) is 23.4 Å². The smallest absolute Gasteiger partial charge is 0.413 e. The fourth-order valence-corrected chi connectivity index (χ4v) is 5.24. The van der Waals surface area contributed by atoms with E-state index in [-0.39, 0.29) is 23.4 Å². The molecular weight excluding hydrogens is 480 g/mol. The molecule has 4 atom stereocenters. The minimum Gasteiger partial charge on any atom is -0.444 e. The SMILES string of the molecule is CC(C)(C)OC(=O)Nc1ncnn2c([C@@H]3O[C@H](CO[Si](C)(C)C(C)(C)C)[C@H]4OC(C)(C)O[C@H]43)ccc12. The normalized spacial score (nSPS) is 26.3. The molecule has 10 nitrogen and oxygen atoms in total. The highest BCUT2D eigenvalue weighted by molar-refractivity contribution is 6.74. The van der Waals surface area contributed by atoms with Crippen LogP contribution in [0.5, 0.6) is 0 Å². The zero-order valence-corrected chi connectivity index (χ0v) is 24.0. The molecule has 0 spiro atoms. The summed E-state index contributed by atoms with van der Waals surface area (Å²) < 4.78 is 32.7. The molecule has 2 aromatic rings. The zero-order valence-electron chi connectivity index (χ0n) is 23.0. The van der Waals surface area contributed by atoms with Crippen molar-refractivity contribution in [1.29, 1.82) is 0 Å². The lowest BCUT2D eigenvalue weighted by Crippen LogP contribution is -2.44. The molecule has 2 aliphatic heterocycles. The lowest BCUT2D eigenvalue weighted by Gasteiger charge is -2.37. The largest absolute Gasteiger partial charge is 0.444 e. The molecule has 1 amide bonds. The van der Waals surface area contributed by atoms with Crippen molar-refractivity contribution in [3.8, 4) is 0 Å². The molecule has 0 bridgehead atoms. The van der Waals surface area contributed by atoms with E-state index in [0.29, 0.717) is 17.9 Å². The van der Waals surface area contributed by atoms with Crippen LogP contribution < -0.4 is 5.32 Å². The predicted octanol–water partition coefficient (Wildman–Crippen LogP) is 5.06. The number of carbonyl (C=O) groups is 1. The van der Waals surface area contributed by atoms with Crippen LogP contribution in [0.25, 0.3) is 5.52 Å². The number of nitrogens with one attached hydrogen (secondary N) is 1. The van der Waals surface area contributed by atoms with Crippen LogP contribution in [-0.2, 0) is 23.4 Å². The van der Waals surface area contributed by atoms with Crippen molar-refractivity contribution in [2.24, 2.45) is 0 Å². The van der Waals surface area contributed by atoms with E-state index in [1.54, 1.807) is 4.52 Å². The molecule has 200 valence electrons. The number of hydrogen-bond acceptors (Lipinski definition) is 8. The number of hydrogen-bond donors (Lipinski definition) is 1. The topological polar surface area (TPSA) is 105 Å². The van der Waals surface area contributed by atoms with Crippen LogP contribution in [0.15, 0.2) is 18.5 Å². The number of fused-ring (bicyclic) bond motifs is 2. The van der Waals surface area contributed by atoms with Gasteiger partial charge in [0.1, 0.15) is 41.9 Å². The van der Waals surface area contributed by atoms with Gasteiger partial charge in [0.25, 0.3) is 0 Å². The number of amides is 1. The third kappa shape index (κ3) is 5.45. The van der Waals surface area contributed by atoms with Gasteiger partial charge in [0.15, 0.2) is 19.9 Å². The summed E-state index contributed by atoms with van der Waals surface area (Å²) in [4.78, 5) is 16.6. The lowest BCUT2D eigenvalue weighted by atomic mass is 10.1. The first kappa shape index (κ1) is 27.0. The first-order chi connectivity index (χ1) is 16.5. The van der Waals surface area contributed by atoms with E-state index in [9.17, 15) is 4.79 Å². The van der Waals surface area contributed by atoms with Gasteiger partial charge < -0.3 is 23.4 Å². The van der Waals surface area contributed by atoms with Crippen molar-refractivity contribution in [2.45, 2.75) is 109 Å². The Morgan fingerprint density at radius 1 is 1.14 bits per heavy atom. The van der Waals surface area contributed by atoms with Crippen LogP contribution in [-0.4, -0.2) is 65.3 Å². The average molecular weight is 521 g/mol. The Bertz CT molecular complexity index is 1120. The first-order valence-corrected chi connectivity index (χ1v) is 15.4. The third-order valence-corrected chi connectivity index (χ3v) is 11.5. The van der Waals surface area contributed by atoms with Gasteiger partial charge in [-0.25, -0.2) is 14.3 Å². The summed E-state index contributed by atoms with van der Waals surface area (Å²) in [5.74, 6) is -0.389. The molecule has 0 aliphatic carbocycles. The maximum absolute atomic E-state index is 12.3. The fraction of sp³-hybridized carbons (Fsp3) is 0.720. The van der Waals surface area contributed by atoms with Gasteiger partial charge in [-0.1, -0.05) is 20.8 Å². The van der Waals surface area contributed by atoms with Crippen LogP contribution in [0.3, 0.4) is 0 Å². The number of anilines is 1. The molecule has 0 unspecified atom stereocenters. The van der Waals surface area contributed by atoms with Gasteiger partial charge in [0.05, 0.1) is 12.3 Å². The summed E-state index contributed by atoms with van der Waals surface area (Å²) in [6, 6.07) is 3.76. The lowest BCUT2D eigenvalue weighted by molar-refractivity contribution is -0.191. The quantitative estimate of drug-likeness (QED) is 0.546. The summed E-state index contributed by atoms with van der Waals surface area (Å²) in [5.41, 5.74) is 0.782. The molecule has 4 rings (SSSR count). The zero-order chi connectivity index (χ0) is 26.7. The molecule has 0 saturated carbocycles. The molecule has 2 fully saturated rings. The summed E-state index contributed by atoms with van der Waals surface area (Å²) in [5, 5.41) is 7.24. The van der Waals surface area contributed by atoms with Crippen molar-refractivity contribution in [1.82, 2.24) is 14.6 Å². The highest BCUT2D eigenvalue weighted by Crippen LogP contribution is 2.46.